The van der Waals surface area contributed by atoms with Gasteiger partial charge in [0.05, 0.1) is 16.1 Å². The van der Waals surface area contributed by atoms with Gasteiger partial charge in [-0.25, -0.2) is 4.68 Å². The van der Waals surface area contributed by atoms with E-state index in [1.54, 1.807) is 11.3 Å². The van der Waals surface area contributed by atoms with Crippen LogP contribution in [0.3, 0.4) is 0 Å². The van der Waals surface area contributed by atoms with Gasteiger partial charge >= 0.3 is 0 Å². The third-order valence-electron chi connectivity index (χ3n) is 6.59. The molecule has 1 aliphatic rings. The summed E-state index contributed by atoms with van der Waals surface area (Å²) in [6.45, 7) is 9.53. The van der Waals surface area contributed by atoms with Crippen LogP contribution in [0.4, 0.5) is 5.13 Å². The Bertz CT molecular complexity index is 1300. The topological polar surface area (TPSA) is 54.3 Å². The van der Waals surface area contributed by atoms with E-state index < -0.39 is 0 Å². The highest BCUT2D eigenvalue weighted by Gasteiger charge is 2.24. The molecule has 0 aliphatic carbocycles. The number of carbonyl (C=O) groups excluding carboxylic acids is 1. The number of amides is 1. The van der Waals surface area contributed by atoms with Gasteiger partial charge in [-0.1, -0.05) is 60.7 Å². The fourth-order valence-electron chi connectivity index (χ4n) is 4.65. The van der Waals surface area contributed by atoms with Gasteiger partial charge < -0.3 is 9.80 Å². The number of hydrogen-bond donors (Lipinski definition) is 0. The van der Waals surface area contributed by atoms with Crippen LogP contribution in [0.25, 0.3) is 16.0 Å². The Morgan fingerprint density at radius 2 is 1.85 bits per heavy atom. The van der Waals surface area contributed by atoms with Crippen LogP contribution in [0.15, 0.2) is 54.6 Å². The Morgan fingerprint density at radius 3 is 2.65 bits per heavy atom. The summed E-state index contributed by atoms with van der Waals surface area (Å²) >= 11 is 1.70. The molecule has 2 aromatic carbocycles. The number of rotatable bonds is 5. The molecule has 6 nitrogen and oxygen atoms in total. The minimum absolute atomic E-state index is 0.227. The molecule has 1 amide bonds. The predicted octanol–water partition coefficient (Wildman–Crippen LogP) is 5.33. The number of aryl methyl sites for hydroxylation is 2. The first kappa shape index (κ1) is 22.6. The van der Waals surface area contributed by atoms with Crippen molar-refractivity contribution in [3.63, 3.8) is 0 Å². The Kier molecular flexibility index (Phi) is 6.37. The second kappa shape index (κ2) is 9.58. The Morgan fingerprint density at radius 1 is 1.03 bits per heavy atom. The van der Waals surface area contributed by atoms with Gasteiger partial charge in [-0.2, -0.15) is 10.1 Å². The summed E-state index contributed by atoms with van der Waals surface area (Å²) in [5.74, 6) is 0.471. The molecule has 1 atom stereocenters. The van der Waals surface area contributed by atoms with Crippen LogP contribution < -0.4 is 4.90 Å². The van der Waals surface area contributed by atoms with Crippen molar-refractivity contribution in [1.29, 1.82) is 0 Å². The maximum Gasteiger partial charge on any atom is 0.223 e. The number of thiazole rings is 1. The van der Waals surface area contributed by atoms with Crippen LogP contribution in [0.5, 0.6) is 0 Å². The molecule has 176 valence electrons. The second-order valence-corrected chi connectivity index (χ2v) is 10.2. The summed E-state index contributed by atoms with van der Waals surface area (Å²) in [5.41, 5.74) is 5.38. The van der Waals surface area contributed by atoms with Gasteiger partial charge in [0.15, 0.2) is 10.8 Å². The summed E-state index contributed by atoms with van der Waals surface area (Å²) in [6, 6.07) is 18.7. The maximum absolute atomic E-state index is 13.0. The van der Waals surface area contributed by atoms with E-state index in [0.29, 0.717) is 6.42 Å². The van der Waals surface area contributed by atoms with Crippen molar-refractivity contribution < 1.29 is 4.79 Å². The first-order valence-electron chi connectivity index (χ1n) is 12.0. The van der Waals surface area contributed by atoms with Crippen LogP contribution in [0.1, 0.15) is 42.5 Å². The van der Waals surface area contributed by atoms with Crippen molar-refractivity contribution >= 4 is 32.7 Å². The zero-order valence-electron chi connectivity index (χ0n) is 20.1. The average Bonchev–Trinajstić information content (AvgIpc) is 3.30. The highest BCUT2D eigenvalue weighted by atomic mass is 32.1. The van der Waals surface area contributed by atoms with Crippen molar-refractivity contribution in [2.24, 2.45) is 0 Å². The molecule has 2 aromatic heterocycles. The van der Waals surface area contributed by atoms with E-state index in [1.807, 2.05) is 34.7 Å². The molecule has 5 rings (SSSR count). The number of fused-ring (bicyclic) bond motifs is 1. The molecule has 7 heteroatoms. The number of anilines is 1. The first-order chi connectivity index (χ1) is 16.5. The van der Waals surface area contributed by atoms with Gasteiger partial charge in [0.25, 0.3) is 0 Å². The molecule has 0 N–H and O–H groups in total. The third kappa shape index (κ3) is 4.57. The van der Waals surface area contributed by atoms with Crippen molar-refractivity contribution in [3.05, 3.63) is 71.4 Å². The average molecular weight is 474 g/mol. The number of nitrogens with zero attached hydrogens (tertiary/aromatic N) is 5. The summed E-state index contributed by atoms with van der Waals surface area (Å²) in [4.78, 5) is 22.4. The Hall–Kier alpha value is -3.19. The number of aromatic nitrogens is 3. The van der Waals surface area contributed by atoms with Crippen LogP contribution in [0, 0.1) is 13.8 Å². The molecular formula is C27H31N5OS. The number of hydrogen-bond acceptors (Lipinski definition) is 5. The number of benzene rings is 2. The van der Waals surface area contributed by atoms with E-state index in [4.69, 9.17) is 10.1 Å². The molecule has 1 saturated heterocycles. The van der Waals surface area contributed by atoms with Gasteiger partial charge in [0.1, 0.15) is 0 Å². The summed E-state index contributed by atoms with van der Waals surface area (Å²) in [6.07, 6.45) is 1.50. The molecule has 1 aliphatic heterocycles. The Labute approximate surface area is 204 Å². The van der Waals surface area contributed by atoms with E-state index in [-0.39, 0.29) is 11.8 Å². The molecule has 0 bridgehead atoms. The molecule has 4 aromatic rings. The second-order valence-electron chi connectivity index (χ2n) is 9.22. The molecule has 1 unspecified atom stereocenters. The van der Waals surface area contributed by atoms with Crippen molar-refractivity contribution in [2.75, 3.05) is 31.1 Å². The fraction of sp³-hybridized carbons (Fsp3) is 0.370. The zero-order valence-corrected chi connectivity index (χ0v) is 20.9. The highest BCUT2D eigenvalue weighted by molar-refractivity contribution is 7.22. The molecule has 0 spiro atoms. The standard InChI is InChI=1S/C27H31N5OS/c1-19-9-7-12-23(17-19)32-26-25(21(3)29-32)34-27(28-26)31-14-8-13-30(15-16-31)24(33)18-20(2)22-10-5-4-6-11-22/h4-7,9-12,17,20H,8,13-16,18H2,1-3H3. The van der Waals surface area contributed by atoms with Crippen molar-refractivity contribution in [1.82, 2.24) is 19.7 Å². The maximum atomic E-state index is 13.0. The number of carbonyl (C=O) groups is 1. The van der Waals surface area contributed by atoms with Crippen molar-refractivity contribution in [2.45, 2.75) is 39.5 Å². The van der Waals surface area contributed by atoms with E-state index in [2.05, 4.69) is 55.1 Å². The van der Waals surface area contributed by atoms with E-state index in [9.17, 15) is 4.79 Å². The highest BCUT2D eigenvalue weighted by Crippen LogP contribution is 2.33. The minimum atomic E-state index is 0.227. The van der Waals surface area contributed by atoms with Crippen molar-refractivity contribution in [3.8, 4) is 5.69 Å². The van der Waals surface area contributed by atoms with E-state index in [1.165, 1.54) is 11.1 Å². The lowest BCUT2D eigenvalue weighted by molar-refractivity contribution is -0.131. The van der Waals surface area contributed by atoms with E-state index in [0.717, 1.165) is 59.5 Å². The van der Waals surface area contributed by atoms with Crippen LogP contribution in [-0.2, 0) is 4.79 Å². The lowest BCUT2D eigenvalue weighted by Gasteiger charge is -2.23. The first-order valence-corrected chi connectivity index (χ1v) is 12.8. The van der Waals surface area contributed by atoms with Gasteiger partial charge in [-0.05, 0) is 49.4 Å². The third-order valence-corrected chi connectivity index (χ3v) is 7.81. The van der Waals surface area contributed by atoms with E-state index >= 15 is 0 Å². The zero-order chi connectivity index (χ0) is 23.7. The van der Waals surface area contributed by atoms with Crippen LogP contribution in [0.2, 0.25) is 0 Å². The van der Waals surface area contributed by atoms with Crippen LogP contribution >= 0.6 is 11.3 Å². The fourth-order valence-corrected chi connectivity index (χ4v) is 5.68. The molecule has 0 radical (unpaired) electrons. The predicted molar refractivity (Wildman–Crippen MR) is 139 cm³/mol. The summed E-state index contributed by atoms with van der Waals surface area (Å²) in [5, 5.41) is 5.76. The molecule has 34 heavy (non-hydrogen) atoms. The minimum Gasteiger partial charge on any atom is -0.346 e. The molecule has 0 saturated carbocycles. The normalized spacial score (nSPS) is 15.5. The summed E-state index contributed by atoms with van der Waals surface area (Å²) < 4.78 is 3.08. The largest absolute Gasteiger partial charge is 0.346 e. The summed E-state index contributed by atoms with van der Waals surface area (Å²) in [7, 11) is 0. The molecular weight excluding hydrogens is 442 g/mol. The lowest BCUT2D eigenvalue weighted by Crippen LogP contribution is -2.35. The van der Waals surface area contributed by atoms with Crippen LogP contribution in [-0.4, -0.2) is 51.8 Å². The SMILES string of the molecule is Cc1cccc(-n2nc(C)c3sc(N4CCCN(C(=O)CC(C)c5ccccc5)CC4)nc32)c1. The van der Waals surface area contributed by atoms with Gasteiger partial charge in [-0.3, -0.25) is 4.79 Å². The van der Waals surface area contributed by atoms with Gasteiger partial charge in [0, 0.05) is 32.6 Å². The smallest absolute Gasteiger partial charge is 0.223 e. The lowest BCUT2D eigenvalue weighted by atomic mass is 9.97. The Balaban J connectivity index is 1.30. The molecule has 1 fully saturated rings. The molecule has 3 heterocycles. The quantitative estimate of drug-likeness (QED) is 0.393. The van der Waals surface area contributed by atoms with Gasteiger partial charge in [-0.15, -0.1) is 0 Å². The van der Waals surface area contributed by atoms with Gasteiger partial charge in [0.2, 0.25) is 5.91 Å². The monoisotopic (exact) mass is 473 g/mol.